The van der Waals surface area contributed by atoms with E-state index in [0.717, 1.165) is 5.56 Å². The largest absolute Gasteiger partial charge is 0.446 e. The minimum absolute atomic E-state index is 0.0635. The van der Waals surface area contributed by atoms with Crippen molar-refractivity contribution in [3.8, 4) is 0 Å². The van der Waals surface area contributed by atoms with Crippen molar-refractivity contribution in [3.05, 3.63) is 35.4 Å². The molecule has 0 bridgehead atoms. The molecule has 0 amide bonds. The van der Waals surface area contributed by atoms with Crippen LogP contribution >= 0.6 is 11.8 Å². The molecule has 0 aliphatic rings. The lowest BCUT2D eigenvalue weighted by molar-refractivity contribution is -0.0328. The van der Waals surface area contributed by atoms with Crippen LogP contribution in [0.5, 0.6) is 0 Å². The van der Waals surface area contributed by atoms with Gasteiger partial charge in [0.05, 0.1) is 0 Å². The quantitative estimate of drug-likeness (QED) is 0.666. The summed E-state index contributed by atoms with van der Waals surface area (Å²) in [7, 11) is 0. The third-order valence-corrected chi connectivity index (χ3v) is 2.87. The monoisotopic (exact) mass is 260 g/mol. The fourth-order valence-electron chi connectivity index (χ4n) is 1.31. The molecule has 0 aliphatic carbocycles. The highest BCUT2D eigenvalue weighted by molar-refractivity contribution is 8.00. The first-order valence-corrected chi connectivity index (χ1v) is 6.14. The summed E-state index contributed by atoms with van der Waals surface area (Å²) >= 11 is -0.0635. The molecule has 0 aromatic heterocycles. The molecule has 0 heterocycles. The molecule has 17 heavy (non-hydrogen) atoms. The molecule has 0 aliphatic heterocycles. The summed E-state index contributed by atoms with van der Waals surface area (Å²) in [5, 5.41) is 0. The van der Waals surface area contributed by atoms with Gasteiger partial charge in [-0.1, -0.05) is 43.7 Å². The molecular weight excluding hydrogens is 245 g/mol. The van der Waals surface area contributed by atoms with Crippen molar-refractivity contribution < 1.29 is 13.2 Å². The first-order valence-electron chi connectivity index (χ1n) is 5.32. The van der Waals surface area contributed by atoms with E-state index < -0.39 is 5.51 Å². The molecular formula is C13H15F3S. The maximum Gasteiger partial charge on any atom is 0.446 e. The van der Waals surface area contributed by atoms with E-state index in [0.29, 0.717) is 11.5 Å². The van der Waals surface area contributed by atoms with Crippen molar-refractivity contribution in [3.63, 3.8) is 0 Å². The van der Waals surface area contributed by atoms with Crippen LogP contribution in [0, 0.1) is 12.8 Å². The molecule has 0 spiro atoms. The van der Waals surface area contributed by atoms with Gasteiger partial charge in [-0.3, -0.25) is 0 Å². The Hall–Kier alpha value is -0.900. The van der Waals surface area contributed by atoms with Crippen LogP contribution in [-0.2, 0) is 0 Å². The molecule has 0 saturated heterocycles. The van der Waals surface area contributed by atoms with Crippen LogP contribution in [0.4, 0.5) is 13.2 Å². The van der Waals surface area contributed by atoms with Gasteiger partial charge in [-0.2, -0.15) is 13.2 Å². The van der Waals surface area contributed by atoms with Gasteiger partial charge in [0.1, 0.15) is 0 Å². The topological polar surface area (TPSA) is 0 Å². The van der Waals surface area contributed by atoms with Crippen LogP contribution in [0.25, 0.3) is 6.08 Å². The molecule has 0 atom stereocenters. The summed E-state index contributed by atoms with van der Waals surface area (Å²) < 4.78 is 37.1. The lowest BCUT2D eigenvalue weighted by atomic mass is 10.1. The van der Waals surface area contributed by atoms with Gasteiger partial charge in [0.2, 0.25) is 0 Å². The van der Waals surface area contributed by atoms with Gasteiger partial charge in [0, 0.05) is 4.90 Å². The minimum atomic E-state index is -4.24. The Kier molecular flexibility index (Phi) is 4.69. The number of allylic oxidation sites excluding steroid dienone is 1. The zero-order chi connectivity index (χ0) is 13.1. The second-order valence-corrected chi connectivity index (χ2v) is 5.30. The summed E-state index contributed by atoms with van der Waals surface area (Å²) in [5.74, 6) is 0.319. The minimum Gasteiger partial charge on any atom is -0.160 e. The van der Waals surface area contributed by atoms with Crippen LogP contribution in [0.1, 0.15) is 25.0 Å². The van der Waals surface area contributed by atoms with Crippen LogP contribution in [-0.4, -0.2) is 5.51 Å². The Bertz CT molecular complexity index is 406. The summed E-state index contributed by atoms with van der Waals surface area (Å²) in [6.07, 6.45) is 3.65. The summed E-state index contributed by atoms with van der Waals surface area (Å²) in [5.41, 5.74) is -2.66. The number of alkyl halides is 3. The number of hydrogen-bond acceptors (Lipinski definition) is 1. The average Bonchev–Trinajstić information content (AvgIpc) is 2.16. The fraction of sp³-hybridized carbons (Fsp3) is 0.385. The zero-order valence-electron chi connectivity index (χ0n) is 10.0. The maximum atomic E-state index is 12.4. The second-order valence-electron chi connectivity index (χ2n) is 4.19. The number of rotatable bonds is 3. The maximum absolute atomic E-state index is 12.4. The highest BCUT2D eigenvalue weighted by Crippen LogP contribution is 2.39. The molecule has 1 rings (SSSR count). The molecule has 94 valence electrons. The molecule has 1 aromatic rings. The van der Waals surface area contributed by atoms with E-state index in [4.69, 9.17) is 0 Å². The van der Waals surface area contributed by atoms with Gasteiger partial charge >= 0.3 is 5.51 Å². The number of aryl methyl sites for hydroxylation is 1. The number of halogens is 3. The van der Waals surface area contributed by atoms with E-state index >= 15 is 0 Å². The summed E-state index contributed by atoms with van der Waals surface area (Å²) in [6, 6.07) is 4.99. The first kappa shape index (κ1) is 14.2. The van der Waals surface area contributed by atoms with Gasteiger partial charge in [0.15, 0.2) is 0 Å². The van der Waals surface area contributed by atoms with Crippen LogP contribution in [0.15, 0.2) is 29.2 Å². The third-order valence-electron chi connectivity index (χ3n) is 2.05. The molecule has 0 saturated carbocycles. The van der Waals surface area contributed by atoms with Gasteiger partial charge in [0.25, 0.3) is 0 Å². The molecule has 0 N–H and O–H groups in total. The third kappa shape index (κ3) is 5.31. The predicted molar refractivity (Wildman–Crippen MR) is 67.0 cm³/mol. The SMILES string of the molecule is Cc1ccc(SC(F)(F)F)c(/C=C/C(C)C)c1. The Morgan fingerprint density at radius 2 is 1.88 bits per heavy atom. The molecule has 1 aromatic carbocycles. The Morgan fingerprint density at radius 1 is 1.24 bits per heavy atom. The molecule has 0 fully saturated rings. The highest BCUT2D eigenvalue weighted by atomic mass is 32.2. The fourth-order valence-corrected chi connectivity index (χ4v) is 1.94. The number of hydrogen-bond donors (Lipinski definition) is 0. The Balaban J connectivity index is 3.04. The lowest BCUT2D eigenvalue weighted by Gasteiger charge is -2.09. The van der Waals surface area contributed by atoms with Crippen molar-refractivity contribution in [2.45, 2.75) is 31.2 Å². The first-order chi connectivity index (χ1) is 7.78. The van der Waals surface area contributed by atoms with Gasteiger partial charge in [-0.15, -0.1) is 0 Å². The molecule has 0 radical (unpaired) electrons. The van der Waals surface area contributed by atoms with Crippen molar-refractivity contribution in [2.24, 2.45) is 5.92 Å². The lowest BCUT2D eigenvalue weighted by Crippen LogP contribution is -2.00. The van der Waals surface area contributed by atoms with E-state index in [1.54, 1.807) is 18.2 Å². The summed E-state index contributed by atoms with van der Waals surface area (Å²) in [4.78, 5) is 0.250. The van der Waals surface area contributed by atoms with Gasteiger partial charge in [-0.05, 0) is 36.2 Å². The molecule has 4 heteroatoms. The molecule has 0 nitrogen and oxygen atoms in total. The Labute approximate surface area is 104 Å². The zero-order valence-corrected chi connectivity index (χ0v) is 10.8. The molecule has 0 unspecified atom stereocenters. The highest BCUT2D eigenvalue weighted by Gasteiger charge is 2.30. The van der Waals surface area contributed by atoms with Gasteiger partial charge in [-0.25, -0.2) is 0 Å². The van der Waals surface area contributed by atoms with Crippen molar-refractivity contribution >= 4 is 17.8 Å². The van der Waals surface area contributed by atoms with Crippen LogP contribution < -0.4 is 0 Å². The normalized spacial score (nSPS) is 12.6. The van der Waals surface area contributed by atoms with E-state index in [1.807, 2.05) is 26.8 Å². The van der Waals surface area contributed by atoms with E-state index in [2.05, 4.69) is 0 Å². The number of benzene rings is 1. The average molecular weight is 260 g/mol. The summed E-state index contributed by atoms with van der Waals surface area (Å²) in [6.45, 7) is 5.85. The number of thioether (sulfide) groups is 1. The van der Waals surface area contributed by atoms with E-state index in [1.165, 1.54) is 6.07 Å². The predicted octanol–water partition coefficient (Wildman–Crippen LogP) is 5.28. The van der Waals surface area contributed by atoms with E-state index in [-0.39, 0.29) is 16.7 Å². The van der Waals surface area contributed by atoms with Gasteiger partial charge < -0.3 is 0 Å². The second kappa shape index (κ2) is 5.63. The van der Waals surface area contributed by atoms with Crippen LogP contribution in [0.2, 0.25) is 0 Å². The Morgan fingerprint density at radius 3 is 2.41 bits per heavy atom. The van der Waals surface area contributed by atoms with Crippen molar-refractivity contribution in [1.29, 1.82) is 0 Å². The van der Waals surface area contributed by atoms with E-state index in [9.17, 15) is 13.2 Å². The van der Waals surface area contributed by atoms with Crippen molar-refractivity contribution in [1.82, 2.24) is 0 Å². The smallest absolute Gasteiger partial charge is 0.160 e. The standard InChI is InChI=1S/C13H15F3S/c1-9(2)4-6-11-8-10(3)5-7-12(11)17-13(14,15)16/h4-9H,1-3H3/b6-4+. The van der Waals surface area contributed by atoms with Crippen molar-refractivity contribution in [2.75, 3.05) is 0 Å². The van der Waals surface area contributed by atoms with Crippen LogP contribution in [0.3, 0.4) is 0 Å².